The van der Waals surface area contributed by atoms with E-state index in [1.165, 1.54) is 23.5 Å². The van der Waals surface area contributed by atoms with Crippen molar-refractivity contribution in [2.75, 3.05) is 18.4 Å². The normalized spacial score (nSPS) is 14.5. The number of methoxy groups -OCH3 is 1. The second-order valence-corrected chi connectivity index (χ2v) is 11.7. The average molecular weight is 487 g/mol. The largest absolute Gasteiger partial charge is 0.497 e. The fourth-order valence-electron chi connectivity index (χ4n) is 4.01. The zero-order valence-corrected chi connectivity index (χ0v) is 20.3. The first-order valence-corrected chi connectivity index (χ1v) is 13.4. The minimum absolute atomic E-state index is 0.169. The zero-order valence-electron chi connectivity index (χ0n) is 18.7. The Morgan fingerprint density at radius 2 is 1.61 bits per heavy atom. The second-order valence-electron chi connectivity index (χ2n) is 8.12. The Bertz CT molecular complexity index is 1400. The summed E-state index contributed by atoms with van der Waals surface area (Å²) < 4.78 is 61.3. The average Bonchev–Trinajstić information content (AvgIpc) is 2.78. The molecule has 0 aliphatic carbocycles. The lowest BCUT2D eigenvalue weighted by molar-refractivity contribution is 0.391. The molecule has 3 aromatic rings. The van der Waals surface area contributed by atoms with Gasteiger partial charge in [-0.05, 0) is 79.4 Å². The number of sulfonamides is 2. The summed E-state index contributed by atoms with van der Waals surface area (Å²) in [6.45, 7) is 4.19. The van der Waals surface area contributed by atoms with Crippen LogP contribution in [0.3, 0.4) is 0 Å². The lowest BCUT2D eigenvalue weighted by Crippen LogP contribution is -2.36. The van der Waals surface area contributed by atoms with Crippen LogP contribution in [0, 0.1) is 13.8 Å². The summed E-state index contributed by atoms with van der Waals surface area (Å²) in [7, 11) is -5.94. The molecule has 1 heterocycles. The second kappa shape index (κ2) is 8.81. The molecule has 0 saturated carbocycles. The SMILES string of the molecule is COc1ccc(S(=O)(=O)N2CCc3ccc(NS(=O)(=O)c4ccc(C)cc4C)cc3C2)cc1. The summed E-state index contributed by atoms with van der Waals surface area (Å²) in [5, 5.41) is 0. The van der Waals surface area contributed by atoms with E-state index in [-0.39, 0.29) is 16.3 Å². The minimum Gasteiger partial charge on any atom is -0.497 e. The van der Waals surface area contributed by atoms with Gasteiger partial charge in [-0.2, -0.15) is 4.31 Å². The molecule has 0 spiro atoms. The maximum Gasteiger partial charge on any atom is 0.262 e. The molecule has 3 aromatic carbocycles. The van der Waals surface area contributed by atoms with E-state index in [4.69, 9.17) is 4.74 Å². The van der Waals surface area contributed by atoms with E-state index in [2.05, 4.69) is 4.72 Å². The number of nitrogens with zero attached hydrogens (tertiary/aromatic N) is 1. The van der Waals surface area contributed by atoms with Crippen LogP contribution in [-0.4, -0.2) is 34.8 Å². The van der Waals surface area contributed by atoms with E-state index in [0.29, 0.717) is 30.0 Å². The van der Waals surface area contributed by atoms with Gasteiger partial charge >= 0.3 is 0 Å². The predicted octanol–water partition coefficient (Wildman–Crippen LogP) is 3.86. The topological polar surface area (TPSA) is 92.8 Å². The molecule has 9 heteroatoms. The lowest BCUT2D eigenvalue weighted by atomic mass is 10.0. The highest BCUT2D eigenvalue weighted by Crippen LogP contribution is 2.29. The molecule has 0 bridgehead atoms. The predicted molar refractivity (Wildman–Crippen MR) is 127 cm³/mol. The highest BCUT2D eigenvalue weighted by atomic mass is 32.2. The van der Waals surface area contributed by atoms with Gasteiger partial charge in [-0.15, -0.1) is 0 Å². The van der Waals surface area contributed by atoms with Gasteiger partial charge in [0.1, 0.15) is 5.75 Å². The third kappa shape index (κ3) is 4.75. The Morgan fingerprint density at radius 3 is 2.27 bits per heavy atom. The molecule has 1 aliphatic heterocycles. The van der Waals surface area contributed by atoms with Crippen molar-refractivity contribution in [3.8, 4) is 5.75 Å². The van der Waals surface area contributed by atoms with Crippen molar-refractivity contribution >= 4 is 25.7 Å². The molecular formula is C24H26N2O5S2. The molecule has 174 valence electrons. The maximum atomic E-state index is 13.1. The van der Waals surface area contributed by atoms with Crippen molar-refractivity contribution in [1.82, 2.24) is 4.31 Å². The summed E-state index contributed by atoms with van der Waals surface area (Å²) in [6, 6.07) is 16.7. The van der Waals surface area contributed by atoms with Gasteiger partial charge in [0.2, 0.25) is 10.0 Å². The number of ether oxygens (including phenoxy) is 1. The van der Waals surface area contributed by atoms with Crippen LogP contribution in [0.2, 0.25) is 0 Å². The number of nitrogens with one attached hydrogen (secondary N) is 1. The molecule has 7 nitrogen and oxygen atoms in total. The molecule has 0 unspecified atom stereocenters. The summed E-state index contributed by atoms with van der Waals surface area (Å²) in [4.78, 5) is 0.410. The van der Waals surface area contributed by atoms with Crippen LogP contribution in [-0.2, 0) is 33.0 Å². The fraction of sp³-hybridized carbons (Fsp3) is 0.250. The molecule has 0 radical (unpaired) electrons. The van der Waals surface area contributed by atoms with Crippen LogP contribution in [0.5, 0.6) is 5.75 Å². The monoisotopic (exact) mass is 486 g/mol. The van der Waals surface area contributed by atoms with Crippen molar-refractivity contribution in [2.24, 2.45) is 0 Å². The summed E-state index contributed by atoms with van der Waals surface area (Å²) in [5.41, 5.74) is 3.83. The minimum atomic E-state index is -3.77. The third-order valence-electron chi connectivity index (χ3n) is 5.75. The molecule has 0 aromatic heterocycles. The van der Waals surface area contributed by atoms with Gasteiger partial charge in [0.05, 0.1) is 16.9 Å². The van der Waals surface area contributed by atoms with Gasteiger partial charge in [-0.3, -0.25) is 4.72 Å². The van der Waals surface area contributed by atoms with Gasteiger partial charge in [0.15, 0.2) is 0 Å². The summed E-state index contributed by atoms with van der Waals surface area (Å²) >= 11 is 0. The van der Waals surface area contributed by atoms with Crippen molar-refractivity contribution in [3.05, 3.63) is 82.9 Å². The molecule has 0 saturated heterocycles. The summed E-state index contributed by atoms with van der Waals surface area (Å²) in [5.74, 6) is 0.582. The van der Waals surface area contributed by atoms with Gasteiger partial charge in [0.25, 0.3) is 10.0 Å². The van der Waals surface area contributed by atoms with Gasteiger partial charge in [0, 0.05) is 18.8 Å². The number of hydrogen-bond donors (Lipinski definition) is 1. The highest BCUT2D eigenvalue weighted by Gasteiger charge is 2.29. The maximum absolute atomic E-state index is 13.1. The van der Waals surface area contributed by atoms with E-state index in [0.717, 1.165) is 16.7 Å². The fourth-order valence-corrected chi connectivity index (χ4v) is 6.70. The van der Waals surface area contributed by atoms with Crippen molar-refractivity contribution in [3.63, 3.8) is 0 Å². The first-order valence-electron chi connectivity index (χ1n) is 10.5. The van der Waals surface area contributed by atoms with Crippen molar-refractivity contribution < 1.29 is 21.6 Å². The quantitative estimate of drug-likeness (QED) is 0.571. The number of benzene rings is 3. The van der Waals surface area contributed by atoms with Crippen LogP contribution in [0.25, 0.3) is 0 Å². The number of hydrogen-bond acceptors (Lipinski definition) is 5. The molecule has 0 amide bonds. The van der Waals surface area contributed by atoms with Crippen LogP contribution in [0.15, 0.2) is 70.5 Å². The van der Waals surface area contributed by atoms with Crippen LogP contribution >= 0.6 is 0 Å². The summed E-state index contributed by atoms with van der Waals surface area (Å²) in [6.07, 6.45) is 0.550. The van der Waals surface area contributed by atoms with Crippen LogP contribution in [0.1, 0.15) is 22.3 Å². The lowest BCUT2D eigenvalue weighted by Gasteiger charge is -2.28. The molecule has 4 rings (SSSR count). The Morgan fingerprint density at radius 1 is 0.879 bits per heavy atom. The smallest absolute Gasteiger partial charge is 0.262 e. The number of anilines is 1. The van der Waals surface area contributed by atoms with Gasteiger partial charge < -0.3 is 4.74 Å². The highest BCUT2D eigenvalue weighted by molar-refractivity contribution is 7.92. The first-order chi connectivity index (χ1) is 15.6. The Balaban J connectivity index is 1.58. The standard InChI is InChI=1S/C24H26N2O5S2/c1-17-4-11-24(18(2)14-17)32(27,28)25-21-6-5-19-12-13-26(16-20(19)15-21)33(29,30)23-9-7-22(31-3)8-10-23/h4-11,14-15,25H,12-13,16H2,1-3H3. The molecule has 33 heavy (non-hydrogen) atoms. The van der Waals surface area contributed by atoms with E-state index < -0.39 is 20.0 Å². The van der Waals surface area contributed by atoms with Crippen LogP contribution in [0.4, 0.5) is 5.69 Å². The van der Waals surface area contributed by atoms with E-state index in [9.17, 15) is 16.8 Å². The molecule has 0 atom stereocenters. The van der Waals surface area contributed by atoms with E-state index in [1.807, 2.05) is 19.1 Å². The Labute approximate surface area is 195 Å². The number of rotatable bonds is 6. The van der Waals surface area contributed by atoms with Crippen LogP contribution < -0.4 is 9.46 Å². The number of aryl methyl sites for hydroxylation is 2. The zero-order chi connectivity index (χ0) is 23.8. The Hall–Kier alpha value is -2.88. The van der Waals surface area contributed by atoms with Gasteiger partial charge in [-0.1, -0.05) is 23.8 Å². The van der Waals surface area contributed by atoms with E-state index >= 15 is 0 Å². The molecule has 0 fully saturated rings. The molecule has 1 aliphatic rings. The number of fused-ring (bicyclic) bond motifs is 1. The van der Waals surface area contributed by atoms with Crippen molar-refractivity contribution in [2.45, 2.75) is 36.6 Å². The first kappa shape index (κ1) is 23.3. The van der Waals surface area contributed by atoms with E-state index in [1.54, 1.807) is 43.3 Å². The third-order valence-corrected chi connectivity index (χ3v) is 9.15. The molecule has 1 N–H and O–H groups in total. The van der Waals surface area contributed by atoms with Crippen molar-refractivity contribution in [1.29, 1.82) is 0 Å². The molecular weight excluding hydrogens is 460 g/mol. The Kier molecular flexibility index (Phi) is 6.22. The van der Waals surface area contributed by atoms with Gasteiger partial charge in [-0.25, -0.2) is 16.8 Å².